The number of carbonyl (C=O) groups is 1. The lowest BCUT2D eigenvalue weighted by molar-refractivity contribution is -0.0333. The smallest absolute Gasteiger partial charge is 0.329 e. The second-order valence-corrected chi connectivity index (χ2v) is 5.69. The normalized spacial score (nSPS) is 15.0. The fraction of sp³-hybridized carbons (Fsp3) is 0.308. The van der Waals surface area contributed by atoms with Gasteiger partial charge in [0.2, 0.25) is 0 Å². The molecule has 0 unspecified atom stereocenters. The van der Waals surface area contributed by atoms with Crippen LogP contribution in [0.2, 0.25) is 0 Å². The van der Waals surface area contributed by atoms with Gasteiger partial charge in [0.05, 0.1) is 29.0 Å². The van der Waals surface area contributed by atoms with Crippen molar-refractivity contribution < 1.29 is 18.0 Å². The topological polar surface area (TPSA) is 51.0 Å². The number of alkyl halides is 3. The van der Waals surface area contributed by atoms with Crippen LogP contribution in [0.25, 0.3) is 5.69 Å². The van der Waals surface area contributed by atoms with E-state index in [1.165, 1.54) is 9.58 Å². The van der Waals surface area contributed by atoms with Crippen LogP contribution < -0.4 is 0 Å². The molecule has 22 heavy (non-hydrogen) atoms. The highest BCUT2D eigenvalue weighted by molar-refractivity contribution is 8.00. The molecule has 0 N–H and O–H groups in total. The molecule has 0 saturated heterocycles. The third-order valence-electron chi connectivity index (χ3n) is 3.22. The first kappa shape index (κ1) is 14.9. The minimum absolute atomic E-state index is 0.210. The van der Waals surface area contributed by atoms with Crippen LogP contribution in [0, 0.1) is 0 Å². The van der Waals surface area contributed by atoms with Gasteiger partial charge in [-0.25, -0.2) is 4.68 Å². The maximum absolute atomic E-state index is 12.3. The predicted octanol–water partition coefficient (Wildman–Crippen LogP) is 2.48. The Morgan fingerprint density at radius 2 is 2.18 bits per heavy atom. The molecule has 9 heteroatoms. The number of amides is 1. The first-order chi connectivity index (χ1) is 10.4. The van der Waals surface area contributed by atoms with Crippen molar-refractivity contribution in [1.82, 2.24) is 19.7 Å². The Kier molecular flexibility index (Phi) is 3.81. The van der Waals surface area contributed by atoms with Crippen molar-refractivity contribution in [1.29, 1.82) is 0 Å². The lowest BCUT2D eigenvalue weighted by Gasteiger charge is -2.25. The monoisotopic (exact) mass is 328 g/mol. The molecule has 0 aliphatic carbocycles. The fourth-order valence-electron chi connectivity index (χ4n) is 2.18. The van der Waals surface area contributed by atoms with Crippen LogP contribution >= 0.6 is 11.8 Å². The van der Waals surface area contributed by atoms with Gasteiger partial charge in [-0.1, -0.05) is 0 Å². The van der Waals surface area contributed by atoms with Crippen LogP contribution in [-0.2, 0) is 6.42 Å². The van der Waals surface area contributed by atoms with Crippen molar-refractivity contribution in [3.05, 3.63) is 42.0 Å². The van der Waals surface area contributed by atoms with Crippen molar-refractivity contribution in [2.75, 3.05) is 12.4 Å². The van der Waals surface area contributed by atoms with E-state index >= 15 is 0 Å². The van der Waals surface area contributed by atoms with Gasteiger partial charge in [-0.15, -0.1) is 0 Å². The van der Waals surface area contributed by atoms with Gasteiger partial charge in [0.15, 0.2) is 0 Å². The maximum atomic E-state index is 12.3. The number of pyridine rings is 1. The minimum atomic E-state index is -4.35. The molecule has 0 atom stereocenters. The largest absolute Gasteiger partial charge is 0.443 e. The Morgan fingerprint density at radius 1 is 1.36 bits per heavy atom. The molecule has 1 aliphatic rings. The summed E-state index contributed by atoms with van der Waals surface area (Å²) in [4.78, 5) is 17.4. The summed E-state index contributed by atoms with van der Waals surface area (Å²) in [5.41, 5.74) is -2.71. The van der Waals surface area contributed by atoms with Gasteiger partial charge in [0, 0.05) is 25.4 Å². The second-order valence-electron chi connectivity index (χ2n) is 4.68. The van der Waals surface area contributed by atoms with E-state index in [1.54, 1.807) is 30.7 Å². The predicted molar refractivity (Wildman–Crippen MR) is 74.6 cm³/mol. The molecular weight excluding hydrogens is 317 g/mol. The number of fused-ring (bicyclic) bond motifs is 1. The lowest BCUT2D eigenvalue weighted by atomic mass is 10.1. The van der Waals surface area contributed by atoms with Crippen LogP contribution in [-0.4, -0.2) is 43.5 Å². The number of halogens is 3. The third kappa shape index (κ3) is 3.08. The Labute approximate surface area is 128 Å². The number of carbonyl (C=O) groups excluding carboxylic acids is 1. The number of hydrogen-bond donors (Lipinski definition) is 0. The molecule has 116 valence electrons. The van der Waals surface area contributed by atoms with Gasteiger partial charge in [-0.3, -0.25) is 9.78 Å². The Hall–Kier alpha value is -2.03. The van der Waals surface area contributed by atoms with E-state index in [0.29, 0.717) is 23.4 Å². The van der Waals surface area contributed by atoms with Gasteiger partial charge in [0.1, 0.15) is 0 Å². The SMILES string of the molecule is O=C1c2cn(-c3cccnc3)nc2CCN1CSC(F)(F)F. The van der Waals surface area contributed by atoms with E-state index < -0.39 is 17.3 Å². The molecule has 0 aromatic carbocycles. The highest BCUT2D eigenvalue weighted by atomic mass is 32.2. The summed E-state index contributed by atoms with van der Waals surface area (Å²) in [7, 11) is 0. The zero-order valence-electron chi connectivity index (χ0n) is 11.2. The molecule has 2 aromatic heterocycles. The molecule has 0 bridgehead atoms. The van der Waals surface area contributed by atoms with Crippen LogP contribution in [0.1, 0.15) is 16.1 Å². The van der Waals surface area contributed by atoms with E-state index in [1.807, 2.05) is 0 Å². The minimum Gasteiger partial charge on any atom is -0.329 e. The third-order valence-corrected chi connectivity index (χ3v) is 3.99. The van der Waals surface area contributed by atoms with Gasteiger partial charge in [0.25, 0.3) is 5.91 Å². The Morgan fingerprint density at radius 3 is 2.86 bits per heavy atom. The first-order valence-corrected chi connectivity index (χ1v) is 7.41. The van der Waals surface area contributed by atoms with Crippen LogP contribution in [0.4, 0.5) is 13.2 Å². The molecule has 3 rings (SSSR count). The van der Waals surface area contributed by atoms with E-state index in [0.717, 1.165) is 0 Å². The van der Waals surface area contributed by atoms with Crippen molar-refractivity contribution in [3.63, 3.8) is 0 Å². The summed E-state index contributed by atoms with van der Waals surface area (Å²) in [5.74, 6) is -0.826. The van der Waals surface area contributed by atoms with Crippen LogP contribution in [0.5, 0.6) is 0 Å². The molecule has 1 aliphatic heterocycles. The summed E-state index contributed by atoms with van der Waals surface area (Å²) in [5, 5.41) is 4.31. The lowest BCUT2D eigenvalue weighted by Crippen LogP contribution is -2.37. The van der Waals surface area contributed by atoms with Crippen molar-refractivity contribution in [2.24, 2.45) is 0 Å². The molecule has 1 amide bonds. The summed E-state index contributed by atoms with van der Waals surface area (Å²) >= 11 is -0.210. The highest BCUT2D eigenvalue weighted by Gasteiger charge is 2.33. The summed E-state index contributed by atoms with van der Waals surface area (Å²) in [6.45, 7) is 0.235. The van der Waals surface area contributed by atoms with Crippen molar-refractivity contribution in [2.45, 2.75) is 11.9 Å². The van der Waals surface area contributed by atoms with Crippen molar-refractivity contribution >= 4 is 17.7 Å². The molecule has 3 heterocycles. The average Bonchev–Trinajstić information content (AvgIpc) is 2.92. The molecule has 5 nitrogen and oxygen atoms in total. The number of aromatic nitrogens is 3. The van der Waals surface area contributed by atoms with E-state index in [9.17, 15) is 18.0 Å². The van der Waals surface area contributed by atoms with E-state index in [4.69, 9.17) is 0 Å². The molecule has 0 radical (unpaired) electrons. The first-order valence-electron chi connectivity index (χ1n) is 6.43. The highest BCUT2D eigenvalue weighted by Crippen LogP contribution is 2.32. The van der Waals surface area contributed by atoms with Gasteiger partial charge in [-0.05, 0) is 23.9 Å². The second kappa shape index (κ2) is 5.64. The van der Waals surface area contributed by atoms with E-state index in [2.05, 4.69) is 10.1 Å². The van der Waals surface area contributed by atoms with E-state index in [-0.39, 0.29) is 18.3 Å². The molecule has 0 spiro atoms. The van der Waals surface area contributed by atoms with Crippen LogP contribution in [0.15, 0.2) is 30.7 Å². The number of thioether (sulfide) groups is 1. The fourth-order valence-corrected chi connectivity index (χ4v) is 2.73. The van der Waals surface area contributed by atoms with Gasteiger partial charge < -0.3 is 4.90 Å². The van der Waals surface area contributed by atoms with Gasteiger partial charge in [-0.2, -0.15) is 18.3 Å². The maximum Gasteiger partial charge on any atom is 0.443 e. The molecule has 0 saturated carbocycles. The molecular formula is C13H11F3N4OS. The number of rotatable bonds is 3. The summed E-state index contributed by atoms with van der Waals surface area (Å²) in [6, 6.07) is 3.53. The average molecular weight is 328 g/mol. The Bertz CT molecular complexity index is 686. The van der Waals surface area contributed by atoms with Crippen LogP contribution in [0.3, 0.4) is 0 Å². The standard InChI is InChI=1S/C13H11F3N4OS/c14-13(15,16)22-8-19-5-3-11-10(12(19)21)7-20(18-11)9-2-1-4-17-6-9/h1-2,4,6-7H,3,5,8H2. The zero-order chi connectivity index (χ0) is 15.7. The van der Waals surface area contributed by atoms with Crippen molar-refractivity contribution in [3.8, 4) is 5.69 Å². The number of hydrogen-bond acceptors (Lipinski definition) is 4. The summed E-state index contributed by atoms with van der Waals surface area (Å²) < 4.78 is 38.3. The zero-order valence-corrected chi connectivity index (χ0v) is 12.1. The Balaban J connectivity index is 1.80. The summed E-state index contributed by atoms with van der Waals surface area (Å²) in [6.07, 6.45) is 5.19. The van der Waals surface area contributed by atoms with Gasteiger partial charge >= 0.3 is 5.51 Å². The quantitative estimate of drug-likeness (QED) is 0.869. The number of nitrogens with zero attached hydrogens (tertiary/aromatic N) is 4. The molecule has 2 aromatic rings. The molecule has 0 fully saturated rings.